The lowest BCUT2D eigenvalue weighted by molar-refractivity contribution is -0.135. The van der Waals surface area contributed by atoms with E-state index in [1.165, 1.54) is 11.9 Å². The fourth-order valence-corrected chi connectivity index (χ4v) is 2.71. The highest BCUT2D eigenvalue weighted by atomic mass is 32.3. The number of nitrogens with two attached hydrogens (primary N) is 1. The Morgan fingerprint density at radius 2 is 2.16 bits per heavy atom. The van der Waals surface area contributed by atoms with Crippen molar-refractivity contribution in [3.05, 3.63) is 0 Å². The van der Waals surface area contributed by atoms with Crippen LogP contribution in [0.2, 0.25) is 0 Å². The molecule has 0 spiro atoms. The summed E-state index contributed by atoms with van der Waals surface area (Å²) in [7, 11) is -3.41. The number of fused-ring (bicyclic) bond motifs is 2. The van der Waals surface area contributed by atoms with Crippen molar-refractivity contribution in [3.8, 4) is 0 Å². The van der Waals surface area contributed by atoms with Gasteiger partial charge in [0.05, 0.1) is 6.04 Å². The van der Waals surface area contributed by atoms with Crippen LogP contribution in [0, 0.1) is 0 Å². The topological polar surface area (TPSA) is 133 Å². The van der Waals surface area contributed by atoms with Crippen LogP contribution in [0.5, 0.6) is 0 Å². The maximum absolute atomic E-state index is 11.9. The highest BCUT2D eigenvalue weighted by Crippen LogP contribution is 2.31. The minimum absolute atomic E-state index is 0.151. The summed E-state index contributed by atoms with van der Waals surface area (Å²) in [4.78, 5) is 24.9. The average molecular weight is 294 g/mol. The molecule has 3 amide bonds. The number of carbonyl (C=O) groups excluding carboxylic acids is 2. The molecule has 0 aromatic carbocycles. The molecule has 2 heterocycles. The molecule has 2 aliphatic rings. The third kappa shape index (κ3) is 2.63. The number of nitrogens with zero attached hydrogens (tertiary/aromatic N) is 3. The molecule has 0 aromatic rings. The van der Waals surface area contributed by atoms with Crippen molar-refractivity contribution in [2.75, 3.05) is 13.6 Å². The van der Waals surface area contributed by atoms with E-state index in [1.807, 2.05) is 0 Å². The van der Waals surface area contributed by atoms with Crippen molar-refractivity contribution in [3.63, 3.8) is 0 Å². The number of hydrazine groups is 1. The summed E-state index contributed by atoms with van der Waals surface area (Å²) in [5.41, 5.74) is 0. The molecule has 2 atom stereocenters. The van der Waals surface area contributed by atoms with Gasteiger partial charge in [0.15, 0.2) is 0 Å². The number of hydrogen-bond donors (Lipinski definition) is 2. The summed E-state index contributed by atoms with van der Waals surface area (Å²) in [5.74, 6) is 4.90. The number of urea groups is 1. The van der Waals surface area contributed by atoms with Crippen molar-refractivity contribution in [2.24, 2.45) is 5.84 Å². The Kier molecular flexibility index (Phi) is 3.38. The first-order chi connectivity index (χ1) is 8.70. The van der Waals surface area contributed by atoms with E-state index in [1.54, 1.807) is 0 Å². The first-order valence-corrected chi connectivity index (χ1v) is 6.86. The van der Waals surface area contributed by atoms with Gasteiger partial charge in [-0.1, -0.05) is 0 Å². The molecule has 2 fully saturated rings. The summed E-state index contributed by atoms with van der Waals surface area (Å²) in [6, 6.07) is -2.03. The average Bonchev–Trinajstić information content (AvgIpc) is 2.52. The molecule has 10 nitrogen and oxygen atoms in total. The van der Waals surface area contributed by atoms with Crippen LogP contribution in [0.15, 0.2) is 0 Å². The van der Waals surface area contributed by atoms with E-state index in [9.17, 15) is 18.0 Å². The molecule has 2 bridgehead atoms. The summed E-state index contributed by atoms with van der Waals surface area (Å²) in [6.07, 6.45) is 0.726. The first kappa shape index (κ1) is 14.0. The SMILES string of the molecule is CN(N)C(=O)C1CCC2CN1C(=O)N2OS(=O)(=O)O. The Hall–Kier alpha value is -1.43. The Bertz CT molecular complexity index is 505. The van der Waals surface area contributed by atoms with E-state index in [2.05, 4.69) is 4.28 Å². The van der Waals surface area contributed by atoms with Crippen LogP contribution in [0.4, 0.5) is 4.79 Å². The predicted molar refractivity (Wildman–Crippen MR) is 60.3 cm³/mol. The Balaban J connectivity index is 2.18. The molecule has 0 radical (unpaired) electrons. The standard InChI is InChI=1S/C8H14N4O6S/c1-10(9)7(13)6-3-2-5-4-11(6)8(14)12(5)18-19(15,16)17/h5-6H,2-4,9H2,1H3,(H,15,16,17). The first-order valence-electron chi connectivity index (χ1n) is 5.50. The quantitative estimate of drug-likeness (QED) is 0.275. The van der Waals surface area contributed by atoms with Crippen LogP contribution in [0.3, 0.4) is 0 Å². The predicted octanol–water partition coefficient (Wildman–Crippen LogP) is -1.68. The zero-order chi connectivity index (χ0) is 14.4. The maximum atomic E-state index is 11.9. The summed E-state index contributed by atoms with van der Waals surface area (Å²) < 4.78 is 34.2. The molecular formula is C8H14N4O6S. The number of amides is 3. The van der Waals surface area contributed by atoms with Crippen LogP contribution in [-0.2, 0) is 19.5 Å². The molecule has 2 aliphatic heterocycles. The molecule has 11 heteroatoms. The van der Waals surface area contributed by atoms with Gasteiger partial charge in [-0.15, -0.1) is 4.28 Å². The van der Waals surface area contributed by atoms with E-state index in [4.69, 9.17) is 10.4 Å². The van der Waals surface area contributed by atoms with E-state index in [-0.39, 0.29) is 6.54 Å². The molecule has 0 saturated carbocycles. The highest BCUT2D eigenvalue weighted by molar-refractivity contribution is 7.80. The minimum Gasteiger partial charge on any atom is -0.309 e. The second kappa shape index (κ2) is 4.59. The number of rotatable bonds is 3. The van der Waals surface area contributed by atoms with Gasteiger partial charge in [0.2, 0.25) is 0 Å². The van der Waals surface area contributed by atoms with Gasteiger partial charge in [0, 0.05) is 13.6 Å². The van der Waals surface area contributed by atoms with Crippen LogP contribution in [-0.4, -0.2) is 65.6 Å². The lowest BCUT2D eigenvalue weighted by Gasteiger charge is -2.30. The number of hydroxylamine groups is 2. The molecule has 0 aliphatic carbocycles. The van der Waals surface area contributed by atoms with Crippen LogP contribution in [0.1, 0.15) is 12.8 Å². The fourth-order valence-electron chi connectivity index (χ4n) is 2.32. The zero-order valence-corrected chi connectivity index (χ0v) is 10.9. The summed E-state index contributed by atoms with van der Waals surface area (Å²) in [6.45, 7) is 0.151. The molecule has 108 valence electrons. The molecule has 19 heavy (non-hydrogen) atoms. The van der Waals surface area contributed by atoms with Gasteiger partial charge in [-0.2, -0.15) is 13.5 Å². The van der Waals surface area contributed by atoms with E-state index < -0.39 is 34.4 Å². The normalized spacial score (nSPS) is 26.8. The summed E-state index contributed by atoms with van der Waals surface area (Å²) in [5, 5.41) is 1.46. The van der Waals surface area contributed by atoms with Crippen molar-refractivity contribution in [1.82, 2.24) is 15.0 Å². The Morgan fingerprint density at radius 1 is 1.53 bits per heavy atom. The van der Waals surface area contributed by atoms with Crippen molar-refractivity contribution in [2.45, 2.75) is 24.9 Å². The lowest BCUT2D eigenvalue weighted by Crippen LogP contribution is -2.52. The number of piperidine rings is 1. The zero-order valence-electron chi connectivity index (χ0n) is 10.1. The van der Waals surface area contributed by atoms with Crippen LogP contribution in [0.25, 0.3) is 0 Å². The van der Waals surface area contributed by atoms with Gasteiger partial charge < -0.3 is 4.90 Å². The fraction of sp³-hybridized carbons (Fsp3) is 0.750. The van der Waals surface area contributed by atoms with Gasteiger partial charge in [-0.3, -0.25) is 14.4 Å². The molecular weight excluding hydrogens is 280 g/mol. The molecule has 2 unspecified atom stereocenters. The minimum atomic E-state index is -4.77. The van der Waals surface area contributed by atoms with Gasteiger partial charge >= 0.3 is 16.4 Å². The molecule has 2 rings (SSSR count). The van der Waals surface area contributed by atoms with E-state index >= 15 is 0 Å². The number of likely N-dealkylation sites (N-methyl/N-ethyl adjacent to an activating group) is 1. The molecule has 3 N–H and O–H groups in total. The van der Waals surface area contributed by atoms with Crippen LogP contribution >= 0.6 is 0 Å². The number of hydrogen-bond acceptors (Lipinski definition) is 6. The third-order valence-electron chi connectivity index (χ3n) is 3.13. The largest absolute Gasteiger partial charge is 0.418 e. The van der Waals surface area contributed by atoms with E-state index in [0.717, 1.165) is 5.01 Å². The van der Waals surface area contributed by atoms with Crippen molar-refractivity contribution >= 4 is 22.3 Å². The van der Waals surface area contributed by atoms with Crippen molar-refractivity contribution < 1.29 is 26.8 Å². The van der Waals surface area contributed by atoms with Gasteiger partial charge in [0.1, 0.15) is 6.04 Å². The lowest BCUT2D eigenvalue weighted by atomic mass is 10.0. The Morgan fingerprint density at radius 3 is 2.68 bits per heavy atom. The second-order valence-corrected chi connectivity index (χ2v) is 5.46. The van der Waals surface area contributed by atoms with Gasteiger partial charge in [0.25, 0.3) is 5.91 Å². The van der Waals surface area contributed by atoms with Crippen molar-refractivity contribution in [1.29, 1.82) is 0 Å². The smallest absolute Gasteiger partial charge is 0.309 e. The molecule has 0 aromatic heterocycles. The maximum Gasteiger partial charge on any atom is 0.418 e. The second-order valence-electron chi connectivity index (χ2n) is 4.46. The van der Waals surface area contributed by atoms with Crippen LogP contribution < -0.4 is 5.84 Å². The highest BCUT2D eigenvalue weighted by Gasteiger charge is 2.49. The number of carbonyl (C=O) groups is 2. The third-order valence-corrected chi connectivity index (χ3v) is 3.48. The van der Waals surface area contributed by atoms with Gasteiger partial charge in [-0.05, 0) is 12.8 Å². The van der Waals surface area contributed by atoms with Gasteiger partial charge in [-0.25, -0.2) is 10.6 Å². The van der Waals surface area contributed by atoms with E-state index in [0.29, 0.717) is 17.9 Å². The monoisotopic (exact) mass is 294 g/mol. The molecule has 2 saturated heterocycles. The Labute approximate surface area is 109 Å². The summed E-state index contributed by atoms with van der Waals surface area (Å²) >= 11 is 0.